The SMILES string of the molecule is Cc1ccc(CN2[C@@H]3CCC[C@@H]2CC(NC(=O)NCc2ccccc2)C3)cc1. The topological polar surface area (TPSA) is 44.4 Å². The smallest absolute Gasteiger partial charge is 0.315 e. The lowest BCUT2D eigenvalue weighted by Crippen LogP contribution is -2.57. The molecule has 0 radical (unpaired) electrons. The highest BCUT2D eigenvalue weighted by atomic mass is 16.2. The van der Waals surface area contributed by atoms with Gasteiger partial charge in [0.15, 0.2) is 0 Å². The van der Waals surface area contributed by atoms with Crippen molar-refractivity contribution in [3.8, 4) is 0 Å². The summed E-state index contributed by atoms with van der Waals surface area (Å²) in [4.78, 5) is 15.1. The van der Waals surface area contributed by atoms with Gasteiger partial charge in [-0.05, 0) is 43.7 Å². The molecule has 0 aliphatic carbocycles. The van der Waals surface area contributed by atoms with Gasteiger partial charge in [0.05, 0.1) is 0 Å². The molecule has 2 saturated heterocycles. The Hall–Kier alpha value is -2.33. The first-order chi connectivity index (χ1) is 13.7. The van der Waals surface area contributed by atoms with Gasteiger partial charge in [-0.15, -0.1) is 0 Å². The van der Waals surface area contributed by atoms with Crippen LogP contribution in [0, 0.1) is 6.92 Å². The number of hydrogen-bond acceptors (Lipinski definition) is 2. The number of nitrogens with one attached hydrogen (secondary N) is 2. The van der Waals surface area contributed by atoms with Crippen LogP contribution in [0.4, 0.5) is 4.79 Å². The normalized spacial score (nSPS) is 24.5. The second-order valence-electron chi connectivity index (χ2n) is 8.38. The van der Waals surface area contributed by atoms with Crippen LogP contribution in [0.2, 0.25) is 0 Å². The van der Waals surface area contributed by atoms with Gasteiger partial charge in [-0.3, -0.25) is 4.90 Å². The Morgan fingerprint density at radius 1 is 0.964 bits per heavy atom. The molecule has 2 bridgehead atoms. The molecule has 2 aliphatic rings. The fraction of sp³-hybridized carbons (Fsp3) is 0.458. The predicted molar refractivity (Wildman–Crippen MR) is 113 cm³/mol. The molecular formula is C24H31N3O. The lowest BCUT2D eigenvalue weighted by Gasteiger charge is -2.49. The van der Waals surface area contributed by atoms with Crippen LogP contribution in [-0.4, -0.2) is 29.1 Å². The zero-order valence-electron chi connectivity index (χ0n) is 16.7. The average Bonchev–Trinajstić information content (AvgIpc) is 2.69. The minimum absolute atomic E-state index is 0.0427. The summed E-state index contributed by atoms with van der Waals surface area (Å²) in [6.45, 7) is 3.74. The van der Waals surface area contributed by atoms with Crippen LogP contribution in [0.1, 0.15) is 48.8 Å². The van der Waals surface area contributed by atoms with Gasteiger partial charge in [0.1, 0.15) is 0 Å². The highest BCUT2D eigenvalue weighted by Crippen LogP contribution is 2.35. The zero-order valence-corrected chi connectivity index (χ0v) is 16.7. The number of piperidine rings is 2. The van der Waals surface area contributed by atoms with E-state index in [0.717, 1.165) is 24.9 Å². The molecule has 148 valence electrons. The number of carbonyl (C=O) groups is 1. The number of fused-ring (bicyclic) bond motifs is 2. The maximum atomic E-state index is 12.4. The van der Waals surface area contributed by atoms with Crippen molar-refractivity contribution in [2.45, 2.75) is 70.2 Å². The molecule has 4 rings (SSSR count). The number of hydrogen-bond donors (Lipinski definition) is 2. The first kappa shape index (κ1) is 19.0. The molecule has 2 amide bonds. The largest absolute Gasteiger partial charge is 0.335 e. The predicted octanol–water partition coefficient (Wildman–Crippen LogP) is 4.38. The third kappa shape index (κ3) is 4.74. The van der Waals surface area contributed by atoms with E-state index in [1.807, 2.05) is 30.3 Å². The van der Waals surface area contributed by atoms with Crippen molar-refractivity contribution in [1.29, 1.82) is 0 Å². The van der Waals surface area contributed by atoms with Crippen molar-refractivity contribution < 1.29 is 4.79 Å². The molecule has 4 heteroatoms. The molecule has 0 unspecified atom stereocenters. The Labute approximate surface area is 168 Å². The van der Waals surface area contributed by atoms with Crippen LogP contribution in [0.3, 0.4) is 0 Å². The van der Waals surface area contributed by atoms with Crippen LogP contribution in [0.15, 0.2) is 54.6 Å². The lowest BCUT2D eigenvalue weighted by atomic mass is 9.81. The highest BCUT2D eigenvalue weighted by Gasteiger charge is 2.38. The summed E-state index contributed by atoms with van der Waals surface area (Å²) in [5.74, 6) is 0. The molecule has 28 heavy (non-hydrogen) atoms. The van der Waals surface area contributed by atoms with Crippen LogP contribution in [-0.2, 0) is 13.1 Å². The Kier molecular flexibility index (Phi) is 5.96. The fourth-order valence-electron chi connectivity index (χ4n) is 4.77. The van der Waals surface area contributed by atoms with Gasteiger partial charge in [0.25, 0.3) is 0 Å². The van der Waals surface area contributed by atoms with Crippen LogP contribution in [0.5, 0.6) is 0 Å². The number of nitrogens with zero attached hydrogens (tertiary/aromatic N) is 1. The van der Waals surface area contributed by atoms with E-state index >= 15 is 0 Å². The van der Waals surface area contributed by atoms with E-state index in [9.17, 15) is 4.79 Å². The summed E-state index contributed by atoms with van der Waals surface area (Å²) in [5, 5.41) is 6.24. The monoisotopic (exact) mass is 377 g/mol. The molecule has 2 N–H and O–H groups in total. The maximum Gasteiger partial charge on any atom is 0.315 e. The van der Waals surface area contributed by atoms with Gasteiger partial charge < -0.3 is 10.6 Å². The van der Waals surface area contributed by atoms with Crippen molar-refractivity contribution in [3.05, 3.63) is 71.3 Å². The number of urea groups is 1. The Bertz CT molecular complexity index is 760. The second kappa shape index (κ2) is 8.78. The van der Waals surface area contributed by atoms with E-state index in [2.05, 4.69) is 46.7 Å². The Morgan fingerprint density at radius 3 is 2.32 bits per heavy atom. The second-order valence-corrected chi connectivity index (χ2v) is 8.38. The number of aryl methyl sites for hydroxylation is 1. The molecule has 0 spiro atoms. The van der Waals surface area contributed by atoms with Gasteiger partial charge in [0, 0.05) is 31.2 Å². The minimum atomic E-state index is -0.0427. The van der Waals surface area contributed by atoms with Gasteiger partial charge in [-0.25, -0.2) is 4.79 Å². The Morgan fingerprint density at radius 2 is 1.64 bits per heavy atom. The number of rotatable bonds is 5. The van der Waals surface area contributed by atoms with Crippen molar-refractivity contribution >= 4 is 6.03 Å². The quantitative estimate of drug-likeness (QED) is 0.812. The summed E-state index contributed by atoms with van der Waals surface area (Å²) < 4.78 is 0. The number of carbonyl (C=O) groups excluding carboxylic acids is 1. The summed E-state index contributed by atoms with van der Waals surface area (Å²) >= 11 is 0. The van der Waals surface area contributed by atoms with E-state index < -0.39 is 0 Å². The third-order valence-electron chi connectivity index (χ3n) is 6.24. The van der Waals surface area contributed by atoms with Gasteiger partial charge in [0.2, 0.25) is 0 Å². The van der Waals surface area contributed by atoms with E-state index in [-0.39, 0.29) is 12.1 Å². The van der Waals surface area contributed by atoms with E-state index in [4.69, 9.17) is 0 Å². The van der Waals surface area contributed by atoms with Crippen molar-refractivity contribution in [3.63, 3.8) is 0 Å². The molecule has 2 aliphatic heterocycles. The van der Waals surface area contributed by atoms with E-state index in [0.29, 0.717) is 18.6 Å². The molecule has 4 nitrogen and oxygen atoms in total. The molecule has 0 aromatic heterocycles. The molecule has 2 fully saturated rings. The van der Waals surface area contributed by atoms with Crippen molar-refractivity contribution in [1.82, 2.24) is 15.5 Å². The van der Waals surface area contributed by atoms with Gasteiger partial charge >= 0.3 is 6.03 Å². The summed E-state index contributed by atoms with van der Waals surface area (Å²) in [6, 6.07) is 20.4. The molecule has 0 saturated carbocycles. The molecule has 2 atom stereocenters. The standard InChI is InChI=1S/C24H31N3O/c1-18-10-12-20(13-11-18)17-27-22-8-5-9-23(27)15-21(14-22)26-24(28)25-16-19-6-3-2-4-7-19/h2-4,6-7,10-13,21-23H,5,8-9,14-17H2,1H3,(H2,25,26,28)/t22-,23-/m1/s1. The average molecular weight is 378 g/mol. The molecule has 2 heterocycles. The molecule has 2 aromatic rings. The summed E-state index contributed by atoms with van der Waals surface area (Å²) in [6.07, 6.45) is 5.91. The zero-order chi connectivity index (χ0) is 19.3. The summed E-state index contributed by atoms with van der Waals surface area (Å²) in [5.41, 5.74) is 3.84. The van der Waals surface area contributed by atoms with E-state index in [1.54, 1.807) is 0 Å². The third-order valence-corrected chi connectivity index (χ3v) is 6.24. The first-order valence-corrected chi connectivity index (χ1v) is 10.6. The van der Waals surface area contributed by atoms with Crippen LogP contribution in [0.25, 0.3) is 0 Å². The maximum absolute atomic E-state index is 12.4. The minimum Gasteiger partial charge on any atom is -0.335 e. The van der Waals surface area contributed by atoms with Gasteiger partial charge in [-0.2, -0.15) is 0 Å². The van der Waals surface area contributed by atoms with Crippen molar-refractivity contribution in [2.24, 2.45) is 0 Å². The fourth-order valence-corrected chi connectivity index (χ4v) is 4.77. The Balaban J connectivity index is 1.31. The van der Waals surface area contributed by atoms with Crippen molar-refractivity contribution in [2.75, 3.05) is 0 Å². The lowest BCUT2D eigenvalue weighted by molar-refractivity contribution is 0.0197. The summed E-state index contributed by atoms with van der Waals surface area (Å²) in [7, 11) is 0. The van der Waals surface area contributed by atoms with Gasteiger partial charge in [-0.1, -0.05) is 66.6 Å². The van der Waals surface area contributed by atoms with Crippen LogP contribution >= 0.6 is 0 Å². The number of benzene rings is 2. The number of amides is 2. The molecule has 2 aromatic carbocycles. The highest BCUT2D eigenvalue weighted by molar-refractivity contribution is 5.74. The first-order valence-electron chi connectivity index (χ1n) is 10.6. The van der Waals surface area contributed by atoms with Crippen LogP contribution < -0.4 is 10.6 Å². The van der Waals surface area contributed by atoms with E-state index in [1.165, 1.54) is 30.4 Å². The molecular weight excluding hydrogens is 346 g/mol.